The summed E-state index contributed by atoms with van der Waals surface area (Å²) in [6.07, 6.45) is 8.76. The second kappa shape index (κ2) is 19.1. The number of fused-ring (bicyclic) bond motifs is 9. The van der Waals surface area contributed by atoms with Gasteiger partial charge in [-0.1, -0.05) is 238 Å². The van der Waals surface area contributed by atoms with Crippen LogP contribution < -0.4 is 0 Å². The van der Waals surface area contributed by atoms with E-state index in [9.17, 15) is 0 Å². The maximum absolute atomic E-state index is 2.56. The van der Waals surface area contributed by atoms with Crippen LogP contribution in [-0.4, -0.2) is 9.13 Å². The van der Waals surface area contributed by atoms with Crippen molar-refractivity contribution in [2.24, 2.45) is 0 Å². The van der Waals surface area contributed by atoms with E-state index in [2.05, 4.69) is 315 Å². The van der Waals surface area contributed by atoms with Gasteiger partial charge in [0.15, 0.2) is 0 Å². The minimum absolute atomic E-state index is 0.194. The third kappa shape index (κ3) is 7.71. The smallest absolute Gasteiger partial charge is 0.0543 e. The fourth-order valence-corrected chi connectivity index (χ4v) is 12.7. The van der Waals surface area contributed by atoms with E-state index in [1.54, 1.807) is 0 Å². The van der Waals surface area contributed by atoms with Crippen molar-refractivity contribution in [3.8, 4) is 55.9 Å². The summed E-state index contributed by atoms with van der Waals surface area (Å²) in [4.78, 5) is 0. The Bertz CT molecular complexity index is 4660. The van der Waals surface area contributed by atoms with Crippen LogP contribution in [0.4, 0.5) is 0 Å². The van der Waals surface area contributed by atoms with E-state index in [1.807, 2.05) is 0 Å². The van der Waals surface area contributed by atoms with Crippen LogP contribution in [0.3, 0.4) is 0 Å². The first-order valence-electron chi connectivity index (χ1n) is 27.2. The Morgan fingerprint density at radius 3 is 1.50 bits per heavy atom. The highest BCUT2D eigenvalue weighted by atomic mass is 15.0. The van der Waals surface area contributed by atoms with Gasteiger partial charge in [-0.15, -0.1) is 0 Å². The van der Waals surface area contributed by atoms with Crippen molar-refractivity contribution >= 4 is 71.1 Å². The average molecular weight is 997 g/mol. The molecule has 2 heterocycles. The Labute approximate surface area is 455 Å². The van der Waals surface area contributed by atoms with Crippen LogP contribution in [0.1, 0.15) is 37.6 Å². The van der Waals surface area contributed by atoms with Crippen LogP contribution in [0.25, 0.3) is 127 Å². The molecule has 11 aromatic carbocycles. The molecule has 0 bridgehead atoms. The van der Waals surface area contributed by atoms with Crippen LogP contribution in [-0.2, 0) is 5.41 Å². The largest absolute Gasteiger partial charge is 0.309 e. The van der Waals surface area contributed by atoms with Gasteiger partial charge in [-0.2, -0.15) is 0 Å². The van der Waals surface area contributed by atoms with E-state index in [0.29, 0.717) is 0 Å². The van der Waals surface area contributed by atoms with Gasteiger partial charge >= 0.3 is 0 Å². The summed E-state index contributed by atoms with van der Waals surface area (Å²) in [6, 6.07) is 97.2. The molecule has 0 N–H and O–H groups in total. The van der Waals surface area contributed by atoms with Crippen molar-refractivity contribution in [3.05, 3.63) is 296 Å². The fraction of sp³-hybridized carbons (Fsp3) is 0.0526. The van der Waals surface area contributed by atoms with Gasteiger partial charge in [0.1, 0.15) is 0 Å². The lowest BCUT2D eigenvalue weighted by Crippen LogP contribution is -2.15. The Morgan fingerprint density at radius 2 is 0.833 bits per heavy atom. The lowest BCUT2D eigenvalue weighted by molar-refractivity contribution is 0.660. The van der Waals surface area contributed by atoms with Crippen molar-refractivity contribution in [2.75, 3.05) is 0 Å². The zero-order chi connectivity index (χ0) is 52.3. The van der Waals surface area contributed by atoms with E-state index < -0.39 is 0 Å². The SMILES string of the molecule is C/C=C\C=C/c1cc2cccc3c4cc(-c5ccccc5)ccc4n(-c4ccc(-c5ccccc5)cc4)c4ccccc4c4cccc(c5cc(-c6ccccc6)ccc5n1-c1cccc5c1-c1ccccc1C5(C)C)c4c23. The van der Waals surface area contributed by atoms with Crippen LogP contribution in [0, 0.1) is 0 Å². The Balaban J connectivity index is 1.26. The first-order chi connectivity index (χ1) is 38.4. The molecule has 2 aromatic heterocycles. The fourth-order valence-electron chi connectivity index (χ4n) is 12.7. The molecule has 370 valence electrons. The molecule has 2 heteroatoms. The molecule has 0 saturated heterocycles. The number of aromatic nitrogens is 2. The lowest BCUT2D eigenvalue weighted by atomic mass is 9.82. The van der Waals surface area contributed by atoms with Crippen LogP contribution in [0.2, 0.25) is 0 Å². The second-order valence-corrected chi connectivity index (χ2v) is 21.1. The molecule has 0 radical (unpaired) electrons. The average Bonchev–Trinajstić information content (AvgIpc) is 3.82. The predicted octanol–water partition coefficient (Wildman–Crippen LogP) is 20.8. The molecule has 0 amide bonds. The van der Waals surface area contributed by atoms with Crippen LogP contribution in [0.5, 0.6) is 0 Å². The lowest BCUT2D eigenvalue weighted by Gasteiger charge is -2.22. The molecule has 1 aliphatic carbocycles. The van der Waals surface area contributed by atoms with Gasteiger partial charge in [-0.3, -0.25) is 0 Å². The van der Waals surface area contributed by atoms with Gasteiger partial charge in [0, 0.05) is 38.5 Å². The number of nitrogens with zero attached hydrogens (tertiary/aromatic N) is 2. The molecule has 1 aliphatic rings. The van der Waals surface area contributed by atoms with Crippen LogP contribution in [0.15, 0.2) is 279 Å². The van der Waals surface area contributed by atoms with E-state index in [4.69, 9.17) is 0 Å². The van der Waals surface area contributed by atoms with Gasteiger partial charge in [0.2, 0.25) is 0 Å². The maximum Gasteiger partial charge on any atom is 0.0543 e. The summed E-state index contributed by atoms with van der Waals surface area (Å²) in [6.45, 7) is 6.84. The molecule has 13 aromatic rings. The summed E-state index contributed by atoms with van der Waals surface area (Å²) in [5, 5.41) is 10.4. The number of rotatable bonds is 7. The zero-order valence-electron chi connectivity index (χ0n) is 44.0. The summed E-state index contributed by atoms with van der Waals surface area (Å²) in [5.41, 5.74) is 18.6. The quantitative estimate of drug-likeness (QED) is 0.141. The molecule has 0 aliphatic heterocycles. The Kier molecular flexibility index (Phi) is 11.5. The highest BCUT2D eigenvalue weighted by molar-refractivity contribution is 6.31. The molecule has 0 fully saturated rings. The van der Waals surface area contributed by atoms with Gasteiger partial charge in [0.05, 0.1) is 22.2 Å². The predicted molar refractivity (Wildman–Crippen MR) is 334 cm³/mol. The van der Waals surface area contributed by atoms with Crippen molar-refractivity contribution < 1.29 is 0 Å². The first kappa shape index (κ1) is 46.7. The number of hydrogen-bond donors (Lipinski definition) is 0. The molecule has 0 atom stereocenters. The highest BCUT2D eigenvalue weighted by Gasteiger charge is 2.37. The van der Waals surface area contributed by atoms with E-state index in [-0.39, 0.29) is 5.41 Å². The maximum atomic E-state index is 2.56. The summed E-state index contributed by atoms with van der Waals surface area (Å²) >= 11 is 0. The highest BCUT2D eigenvalue weighted by Crippen LogP contribution is 2.52. The monoisotopic (exact) mass is 996 g/mol. The zero-order valence-corrected chi connectivity index (χ0v) is 44.0. The van der Waals surface area contributed by atoms with Gasteiger partial charge in [-0.25, -0.2) is 0 Å². The third-order valence-electron chi connectivity index (χ3n) is 16.3. The normalized spacial score (nSPS) is 12.8. The van der Waals surface area contributed by atoms with E-state index >= 15 is 0 Å². The molecule has 0 spiro atoms. The minimum atomic E-state index is -0.194. The topological polar surface area (TPSA) is 9.86 Å². The second-order valence-electron chi connectivity index (χ2n) is 21.1. The number of hydrogen-bond acceptors (Lipinski definition) is 0. The standard InChI is InChI=1S/C76H56N2/c1-4-5-9-30-59-48-57-29-20-33-62-65-49-55(52-25-12-7-13-26-52)42-46-70(65)77(58-44-40-54(41-45-58)51-23-10-6-11-24-51)69-38-19-17-31-60(69)61-34-21-35-63(74(61)73(57)62)66-50-56(53-27-14-8-15-28-53)43-47-71(66)78(59)72-39-22-37-68-75(72)64-32-16-18-36-67(64)76(68,2)3/h4-50H,1-3H3/b5-4-,30-9-,59-48?. The summed E-state index contributed by atoms with van der Waals surface area (Å²) in [7, 11) is 0. The van der Waals surface area contributed by atoms with Crippen molar-refractivity contribution in [1.29, 1.82) is 0 Å². The molecule has 0 unspecified atom stereocenters. The summed E-state index contributed by atoms with van der Waals surface area (Å²) in [5.74, 6) is 0. The summed E-state index contributed by atoms with van der Waals surface area (Å²) < 4.78 is 5.05. The van der Waals surface area contributed by atoms with E-state index in [1.165, 1.54) is 60.7 Å². The Hall–Kier alpha value is -9.76. The van der Waals surface area contributed by atoms with Crippen molar-refractivity contribution in [1.82, 2.24) is 9.13 Å². The van der Waals surface area contributed by atoms with Gasteiger partial charge < -0.3 is 9.13 Å². The number of para-hydroxylation sites is 1. The van der Waals surface area contributed by atoms with Gasteiger partial charge in [0.25, 0.3) is 0 Å². The molecule has 2 nitrogen and oxygen atoms in total. The minimum Gasteiger partial charge on any atom is -0.309 e. The van der Waals surface area contributed by atoms with Crippen molar-refractivity contribution in [2.45, 2.75) is 26.2 Å². The molecule has 14 rings (SSSR count). The third-order valence-corrected chi connectivity index (χ3v) is 16.3. The number of benzene rings is 11. The molecule has 78 heavy (non-hydrogen) atoms. The van der Waals surface area contributed by atoms with Gasteiger partial charge in [-0.05, 0) is 150 Å². The Morgan fingerprint density at radius 1 is 0.346 bits per heavy atom. The molecule has 0 saturated carbocycles. The first-order valence-corrected chi connectivity index (χ1v) is 27.2. The van der Waals surface area contributed by atoms with Crippen LogP contribution >= 0.6 is 0 Å². The van der Waals surface area contributed by atoms with Crippen molar-refractivity contribution in [3.63, 3.8) is 0 Å². The molecular weight excluding hydrogens is 941 g/mol. The molecular formula is C76H56N2. The number of allylic oxidation sites excluding steroid dienone is 3. The van der Waals surface area contributed by atoms with E-state index in [0.717, 1.165) is 77.1 Å².